The number of rotatable bonds is 3. The molecule has 4 nitrogen and oxygen atoms in total. The van der Waals surface area contributed by atoms with Crippen molar-refractivity contribution < 1.29 is 9.53 Å². The monoisotopic (exact) mass is 222 g/mol. The minimum atomic E-state index is -0.304. The van der Waals surface area contributed by atoms with Gasteiger partial charge in [-0.3, -0.25) is 9.78 Å². The zero-order chi connectivity index (χ0) is 12.2. The van der Waals surface area contributed by atoms with E-state index < -0.39 is 0 Å². The number of pyridine rings is 1. The topological polar surface area (TPSA) is 51.2 Å². The first kappa shape index (κ1) is 12.6. The lowest BCUT2D eigenvalue weighted by Crippen LogP contribution is -2.27. The molecule has 88 valence electrons. The molecular weight excluding hydrogens is 204 g/mol. The maximum absolute atomic E-state index is 11.5. The van der Waals surface area contributed by atoms with Crippen LogP contribution < -0.4 is 5.32 Å². The molecule has 0 spiro atoms. The SMILES string of the molecule is Cc1ncccc1NC(=O)COC(C)(C)C. The predicted octanol–water partition coefficient (Wildman–Crippen LogP) is 2.14. The summed E-state index contributed by atoms with van der Waals surface area (Å²) < 4.78 is 5.37. The van der Waals surface area contributed by atoms with E-state index in [1.807, 2.05) is 33.8 Å². The van der Waals surface area contributed by atoms with Gasteiger partial charge in [0.25, 0.3) is 0 Å². The Morgan fingerprint density at radius 3 is 2.75 bits per heavy atom. The van der Waals surface area contributed by atoms with E-state index in [9.17, 15) is 4.79 Å². The molecule has 1 N–H and O–H groups in total. The quantitative estimate of drug-likeness (QED) is 0.852. The number of ether oxygens (including phenoxy) is 1. The Balaban J connectivity index is 2.50. The molecule has 0 saturated heterocycles. The number of hydrogen-bond acceptors (Lipinski definition) is 3. The van der Waals surface area contributed by atoms with Gasteiger partial charge >= 0.3 is 0 Å². The van der Waals surface area contributed by atoms with Crippen LogP contribution in [-0.4, -0.2) is 23.1 Å². The largest absolute Gasteiger partial charge is 0.366 e. The number of aryl methyl sites for hydroxylation is 1. The molecule has 4 heteroatoms. The molecule has 0 unspecified atom stereocenters. The molecule has 0 radical (unpaired) electrons. The Labute approximate surface area is 96.0 Å². The standard InChI is InChI=1S/C12H18N2O2/c1-9-10(6-5-7-13-9)14-11(15)8-16-12(2,3)4/h5-7H,8H2,1-4H3,(H,14,15). The number of nitrogens with one attached hydrogen (secondary N) is 1. The second-order valence-electron chi connectivity index (χ2n) is 4.59. The minimum absolute atomic E-state index is 0.0534. The van der Waals surface area contributed by atoms with Gasteiger partial charge in [0.2, 0.25) is 5.91 Å². The molecule has 0 aliphatic carbocycles. The molecule has 1 aromatic heterocycles. The van der Waals surface area contributed by atoms with E-state index in [0.29, 0.717) is 0 Å². The molecule has 1 aromatic rings. The lowest BCUT2D eigenvalue weighted by molar-refractivity contribution is -0.125. The third kappa shape index (κ3) is 4.40. The summed E-state index contributed by atoms with van der Waals surface area (Å²) in [6, 6.07) is 3.60. The Kier molecular flexibility index (Phi) is 4.01. The van der Waals surface area contributed by atoms with E-state index in [1.54, 1.807) is 12.3 Å². The van der Waals surface area contributed by atoms with Crippen LogP contribution in [0.3, 0.4) is 0 Å². The molecule has 0 aliphatic heterocycles. The van der Waals surface area contributed by atoms with Crippen molar-refractivity contribution in [3.05, 3.63) is 24.0 Å². The zero-order valence-electron chi connectivity index (χ0n) is 10.2. The van der Waals surface area contributed by atoms with Crippen LogP contribution in [0, 0.1) is 6.92 Å². The molecule has 1 rings (SSSR count). The minimum Gasteiger partial charge on any atom is -0.366 e. The van der Waals surface area contributed by atoms with Crippen molar-refractivity contribution in [2.24, 2.45) is 0 Å². The lowest BCUT2D eigenvalue weighted by Gasteiger charge is -2.19. The summed E-state index contributed by atoms with van der Waals surface area (Å²) in [5.41, 5.74) is 1.22. The van der Waals surface area contributed by atoms with Crippen molar-refractivity contribution in [3.8, 4) is 0 Å². The summed E-state index contributed by atoms with van der Waals surface area (Å²) >= 11 is 0. The van der Waals surface area contributed by atoms with Crippen LogP contribution in [0.1, 0.15) is 26.5 Å². The van der Waals surface area contributed by atoms with Gasteiger partial charge in [0, 0.05) is 6.20 Å². The summed E-state index contributed by atoms with van der Waals surface area (Å²) in [6.07, 6.45) is 1.69. The highest BCUT2D eigenvalue weighted by Gasteiger charge is 2.13. The van der Waals surface area contributed by atoms with Crippen LogP contribution in [0.5, 0.6) is 0 Å². The van der Waals surface area contributed by atoms with Crippen molar-refractivity contribution >= 4 is 11.6 Å². The van der Waals surface area contributed by atoms with Gasteiger partial charge in [0.1, 0.15) is 6.61 Å². The predicted molar refractivity (Wildman–Crippen MR) is 63.3 cm³/mol. The zero-order valence-corrected chi connectivity index (χ0v) is 10.2. The number of hydrogen-bond donors (Lipinski definition) is 1. The summed E-state index contributed by atoms with van der Waals surface area (Å²) in [6.45, 7) is 7.64. The molecule has 0 aliphatic rings. The highest BCUT2D eigenvalue weighted by molar-refractivity contribution is 5.92. The average molecular weight is 222 g/mol. The first-order valence-corrected chi connectivity index (χ1v) is 5.24. The first-order chi connectivity index (χ1) is 7.38. The fourth-order valence-electron chi connectivity index (χ4n) is 1.08. The van der Waals surface area contributed by atoms with Crippen molar-refractivity contribution in [2.45, 2.75) is 33.3 Å². The first-order valence-electron chi connectivity index (χ1n) is 5.24. The smallest absolute Gasteiger partial charge is 0.250 e. The van der Waals surface area contributed by atoms with E-state index in [4.69, 9.17) is 4.74 Å². The summed E-state index contributed by atoms with van der Waals surface area (Å²) in [5, 5.41) is 2.76. The number of amides is 1. The van der Waals surface area contributed by atoms with Crippen LogP contribution in [-0.2, 0) is 9.53 Å². The van der Waals surface area contributed by atoms with Gasteiger partial charge in [-0.1, -0.05) is 0 Å². The third-order valence-electron chi connectivity index (χ3n) is 1.92. The molecule has 16 heavy (non-hydrogen) atoms. The van der Waals surface area contributed by atoms with E-state index in [0.717, 1.165) is 11.4 Å². The molecule has 0 bridgehead atoms. The fourth-order valence-corrected chi connectivity index (χ4v) is 1.08. The highest BCUT2D eigenvalue weighted by atomic mass is 16.5. The Hall–Kier alpha value is -1.42. The van der Waals surface area contributed by atoms with Crippen LogP contribution in [0.4, 0.5) is 5.69 Å². The van der Waals surface area contributed by atoms with Crippen molar-refractivity contribution in [2.75, 3.05) is 11.9 Å². The summed E-state index contributed by atoms with van der Waals surface area (Å²) in [4.78, 5) is 15.6. The van der Waals surface area contributed by atoms with Crippen LogP contribution in [0.15, 0.2) is 18.3 Å². The lowest BCUT2D eigenvalue weighted by atomic mass is 10.2. The maximum atomic E-state index is 11.5. The number of nitrogens with zero attached hydrogens (tertiary/aromatic N) is 1. The number of anilines is 1. The molecule has 1 heterocycles. The van der Waals surface area contributed by atoms with Crippen LogP contribution in [0.25, 0.3) is 0 Å². The Morgan fingerprint density at radius 1 is 1.50 bits per heavy atom. The molecule has 0 atom stereocenters. The Bertz CT molecular complexity index is 370. The van der Waals surface area contributed by atoms with E-state index >= 15 is 0 Å². The third-order valence-corrected chi connectivity index (χ3v) is 1.92. The van der Waals surface area contributed by atoms with E-state index in [-0.39, 0.29) is 18.1 Å². The number of carbonyl (C=O) groups is 1. The van der Waals surface area contributed by atoms with E-state index in [1.165, 1.54) is 0 Å². The second-order valence-corrected chi connectivity index (χ2v) is 4.59. The van der Waals surface area contributed by atoms with Crippen molar-refractivity contribution in [1.82, 2.24) is 4.98 Å². The van der Waals surface area contributed by atoms with Crippen molar-refractivity contribution in [1.29, 1.82) is 0 Å². The number of carbonyl (C=O) groups excluding carboxylic acids is 1. The molecule has 0 saturated carbocycles. The summed E-state index contributed by atoms with van der Waals surface area (Å²) in [5.74, 6) is -0.161. The molecule has 0 aromatic carbocycles. The van der Waals surface area contributed by atoms with Gasteiger partial charge in [-0.15, -0.1) is 0 Å². The second kappa shape index (κ2) is 5.07. The van der Waals surface area contributed by atoms with Gasteiger partial charge in [0.15, 0.2) is 0 Å². The highest BCUT2D eigenvalue weighted by Crippen LogP contribution is 2.11. The molecular formula is C12H18N2O2. The average Bonchev–Trinajstić information content (AvgIpc) is 2.18. The van der Waals surface area contributed by atoms with Gasteiger partial charge in [-0.25, -0.2) is 0 Å². The molecule has 0 fully saturated rings. The van der Waals surface area contributed by atoms with Gasteiger partial charge in [-0.05, 0) is 39.8 Å². The summed E-state index contributed by atoms with van der Waals surface area (Å²) in [7, 11) is 0. The van der Waals surface area contributed by atoms with Crippen molar-refractivity contribution in [3.63, 3.8) is 0 Å². The van der Waals surface area contributed by atoms with Gasteiger partial charge < -0.3 is 10.1 Å². The maximum Gasteiger partial charge on any atom is 0.250 e. The number of aromatic nitrogens is 1. The fraction of sp³-hybridized carbons (Fsp3) is 0.500. The molecule has 1 amide bonds. The van der Waals surface area contributed by atoms with Crippen LogP contribution in [0.2, 0.25) is 0 Å². The van der Waals surface area contributed by atoms with Gasteiger partial charge in [0.05, 0.1) is 17.0 Å². The van der Waals surface area contributed by atoms with Gasteiger partial charge in [-0.2, -0.15) is 0 Å². The van der Waals surface area contributed by atoms with E-state index in [2.05, 4.69) is 10.3 Å². The normalized spacial score (nSPS) is 11.2. The van der Waals surface area contributed by atoms with Crippen LogP contribution >= 0.6 is 0 Å². The Morgan fingerprint density at radius 2 is 2.19 bits per heavy atom.